The Balaban J connectivity index is 2.02. The maximum Gasteiger partial charge on any atom is 0.248 e. The first kappa shape index (κ1) is 12.1. The molecule has 0 atom stereocenters. The molecule has 18 heavy (non-hydrogen) atoms. The Morgan fingerprint density at radius 2 is 1.67 bits per heavy atom. The molecule has 0 fully saturated rings. The van der Waals surface area contributed by atoms with E-state index in [1.807, 2.05) is 67.6 Å². The summed E-state index contributed by atoms with van der Waals surface area (Å²) in [5.74, 6) is -0.121. The second-order valence-electron chi connectivity index (χ2n) is 4.05. The number of para-hydroxylation sites is 1. The second-order valence-corrected chi connectivity index (χ2v) is 4.05. The highest BCUT2D eigenvalue weighted by molar-refractivity contribution is 6.01. The molecule has 1 amide bonds. The van der Waals surface area contributed by atoms with Gasteiger partial charge in [-0.1, -0.05) is 42.5 Å². The molecule has 2 nitrogen and oxygen atoms in total. The summed E-state index contributed by atoms with van der Waals surface area (Å²) < 4.78 is 0. The van der Waals surface area contributed by atoms with Gasteiger partial charge in [-0.2, -0.15) is 0 Å². The topological polar surface area (TPSA) is 29.1 Å². The first-order valence-electron chi connectivity index (χ1n) is 5.85. The molecule has 0 aliphatic carbocycles. The van der Waals surface area contributed by atoms with Crippen LogP contribution in [0.4, 0.5) is 5.69 Å². The van der Waals surface area contributed by atoms with Gasteiger partial charge in [-0.3, -0.25) is 4.79 Å². The van der Waals surface area contributed by atoms with E-state index >= 15 is 0 Å². The summed E-state index contributed by atoms with van der Waals surface area (Å²) >= 11 is 0. The fourth-order valence-electron chi connectivity index (χ4n) is 1.64. The van der Waals surface area contributed by atoms with Gasteiger partial charge in [-0.25, -0.2) is 0 Å². The Hall–Kier alpha value is -2.35. The Morgan fingerprint density at radius 1 is 1.00 bits per heavy atom. The number of rotatable bonds is 3. The largest absolute Gasteiger partial charge is 0.323 e. The van der Waals surface area contributed by atoms with Crippen molar-refractivity contribution in [2.45, 2.75) is 6.92 Å². The number of amides is 1. The highest BCUT2D eigenvalue weighted by Gasteiger charge is 1.97. The Kier molecular flexibility index (Phi) is 3.92. The quantitative estimate of drug-likeness (QED) is 0.811. The van der Waals surface area contributed by atoms with Crippen LogP contribution in [0.15, 0.2) is 60.7 Å². The van der Waals surface area contributed by atoms with E-state index in [-0.39, 0.29) is 5.91 Å². The zero-order valence-corrected chi connectivity index (χ0v) is 10.3. The van der Waals surface area contributed by atoms with Crippen LogP contribution >= 0.6 is 0 Å². The molecule has 0 saturated heterocycles. The molecule has 0 radical (unpaired) electrons. The normalized spacial score (nSPS) is 10.5. The van der Waals surface area contributed by atoms with E-state index in [1.54, 1.807) is 6.08 Å². The summed E-state index contributed by atoms with van der Waals surface area (Å²) in [4.78, 5) is 11.7. The lowest BCUT2D eigenvalue weighted by Gasteiger charge is -2.01. The van der Waals surface area contributed by atoms with Crippen LogP contribution in [0.2, 0.25) is 0 Å². The van der Waals surface area contributed by atoms with Gasteiger partial charge in [0.25, 0.3) is 0 Å². The summed E-state index contributed by atoms with van der Waals surface area (Å²) in [7, 11) is 0. The molecular formula is C16H15NO. The van der Waals surface area contributed by atoms with Gasteiger partial charge in [0.1, 0.15) is 0 Å². The van der Waals surface area contributed by atoms with Crippen LogP contribution in [0.3, 0.4) is 0 Å². The second kappa shape index (κ2) is 5.82. The van der Waals surface area contributed by atoms with Crippen molar-refractivity contribution in [3.05, 3.63) is 71.8 Å². The fraction of sp³-hybridized carbons (Fsp3) is 0.0625. The maximum atomic E-state index is 11.7. The number of benzene rings is 2. The van der Waals surface area contributed by atoms with Crippen molar-refractivity contribution in [2.24, 2.45) is 0 Å². The van der Waals surface area contributed by atoms with E-state index < -0.39 is 0 Å². The van der Waals surface area contributed by atoms with Gasteiger partial charge in [0.05, 0.1) is 0 Å². The number of nitrogens with one attached hydrogen (secondary N) is 1. The molecule has 0 unspecified atom stereocenters. The van der Waals surface area contributed by atoms with Crippen LogP contribution in [0.25, 0.3) is 6.08 Å². The van der Waals surface area contributed by atoms with Crippen LogP contribution in [-0.4, -0.2) is 5.91 Å². The standard InChI is InChI=1S/C16H15NO/c1-13-7-5-6-8-14(13)11-12-16(18)17-15-9-3-2-4-10-15/h2-12H,1H3,(H,17,18)/b12-11+. The fourth-order valence-corrected chi connectivity index (χ4v) is 1.64. The number of carbonyl (C=O) groups excluding carboxylic acids is 1. The molecule has 2 heteroatoms. The lowest BCUT2D eigenvalue weighted by Crippen LogP contribution is -2.07. The number of carbonyl (C=O) groups is 1. The minimum atomic E-state index is -0.121. The summed E-state index contributed by atoms with van der Waals surface area (Å²) in [5.41, 5.74) is 3.01. The molecule has 0 aromatic heterocycles. The third-order valence-electron chi connectivity index (χ3n) is 2.64. The van der Waals surface area contributed by atoms with Crippen molar-refractivity contribution in [2.75, 3.05) is 5.32 Å². The highest BCUT2D eigenvalue weighted by Crippen LogP contribution is 2.09. The minimum Gasteiger partial charge on any atom is -0.323 e. The molecule has 2 rings (SSSR count). The van der Waals surface area contributed by atoms with Gasteiger partial charge in [-0.15, -0.1) is 0 Å². The van der Waals surface area contributed by atoms with Crippen molar-refractivity contribution < 1.29 is 4.79 Å². The van der Waals surface area contributed by atoms with Crippen molar-refractivity contribution in [1.29, 1.82) is 0 Å². The third kappa shape index (κ3) is 3.32. The molecule has 0 aliphatic heterocycles. The predicted octanol–water partition coefficient (Wildman–Crippen LogP) is 3.65. The molecule has 90 valence electrons. The monoisotopic (exact) mass is 237 g/mol. The van der Waals surface area contributed by atoms with Crippen LogP contribution in [0.5, 0.6) is 0 Å². The number of hydrogen-bond acceptors (Lipinski definition) is 1. The smallest absolute Gasteiger partial charge is 0.248 e. The third-order valence-corrected chi connectivity index (χ3v) is 2.64. The lowest BCUT2D eigenvalue weighted by atomic mass is 10.1. The molecule has 1 N–H and O–H groups in total. The Labute approximate surface area is 107 Å². The number of anilines is 1. The summed E-state index contributed by atoms with van der Waals surface area (Å²) in [5, 5.41) is 2.81. The van der Waals surface area contributed by atoms with Gasteiger partial charge in [0.15, 0.2) is 0 Å². The van der Waals surface area contributed by atoms with E-state index in [2.05, 4.69) is 5.32 Å². The zero-order valence-electron chi connectivity index (χ0n) is 10.3. The van der Waals surface area contributed by atoms with Crippen LogP contribution in [0.1, 0.15) is 11.1 Å². The number of aryl methyl sites for hydroxylation is 1. The highest BCUT2D eigenvalue weighted by atomic mass is 16.1. The molecule has 0 aliphatic rings. The van der Waals surface area contributed by atoms with E-state index in [0.29, 0.717) is 0 Å². The summed E-state index contributed by atoms with van der Waals surface area (Å²) in [6.07, 6.45) is 3.38. The van der Waals surface area contributed by atoms with Crippen molar-refractivity contribution in [3.8, 4) is 0 Å². The van der Waals surface area contributed by atoms with Crippen molar-refractivity contribution >= 4 is 17.7 Å². The van der Waals surface area contributed by atoms with Gasteiger partial charge in [-0.05, 0) is 36.3 Å². The molecule has 0 heterocycles. The Morgan fingerprint density at radius 3 is 2.39 bits per heavy atom. The van der Waals surface area contributed by atoms with Gasteiger partial charge in [0.2, 0.25) is 5.91 Å². The lowest BCUT2D eigenvalue weighted by molar-refractivity contribution is -0.111. The summed E-state index contributed by atoms with van der Waals surface area (Å²) in [6.45, 7) is 2.02. The summed E-state index contributed by atoms with van der Waals surface area (Å²) in [6, 6.07) is 17.4. The molecule has 0 bridgehead atoms. The first-order chi connectivity index (χ1) is 8.75. The van der Waals surface area contributed by atoms with Crippen LogP contribution < -0.4 is 5.32 Å². The van der Waals surface area contributed by atoms with Crippen LogP contribution in [-0.2, 0) is 4.79 Å². The van der Waals surface area contributed by atoms with E-state index in [9.17, 15) is 4.79 Å². The molecular weight excluding hydrogens is 222 g/mol. The van der Waals surface area contributed by atoms with Crippen LogP contribution in [0, 0.1) is 6.92 Å². The van der Waals surface area contributed by atoms with Gasteiger partial charge in [0, 0.05) is 11.8 Å². The molecule has 0 saturated carbocycles. The van der Waals surface area contributed by atoms with Gasteiger partial charge < -0.3 is 5.32 Å². The first-order valence-corrected chi connectivity index (χ1v) is 5.85. The Bertz CT molecular complexity index is 558. The predicted molar refractivity (Wildman–Crippen MR) is 75.3 cm³/mol. The van der Waals surface area contributed by atoms with Crippen molar-refractivity contribution in [3.63, 3.8) is 0 Å². The van der Waals surface area contributed by atoms with Gasteiger partial charge >= 0.3 is 0 Å². The minimum absolute atomic E-state index is 0.121. The average Bonchev–Trinajstić information content (AvgIpc) is 2.39. The SMILES string of the molecule is Cc1ccccc1/C=C/C(=O)Nc1ccccc1. The van der Waals surface area contributed by atoms with Crippen molar-refractivity contribution in [1.82, 2.24) is 0 Å². The maximum absolute atomic E-state index is 11.7. The van der Waals surface area contributed by atoms with E-state index in [1.165, 1.54) is 0 Å². The average molecular weight is 237 g/mol. The zero-order chi connectivity index (χ0) is 12.8. The molecule has 0 spiro atoms. The number of hydrogen-bond donors (Lipinski definition) is 1. The van der Waals surface area contributed by atoms with E-state index in [4.69, 9.17) is 0 Å². The van der Waals surface area contributed by atoms with E-state index in [0.717, 1.165) is 16.8 Å². The molecule has 2 aromatic rings. The molecule has 2 aromatic carbocycles.